The van der Waals surface area contributed by atoms with Crippen molar-refractivity contribution in [3.05, 3.63) is 28.8 Å². The highest BCUT2D eigenvalue weighted by molar-refractivity contribution is 6.34. The highest BCUT2D eigenvalue weighted by Crippen LogP contribution is 2.56. The van der Waals surface area contributed by atoms with E-state index in [0.29, 0.717) is 28.1 Å². The zero-order valence-electron chi connectivity index (χ0n) is 14.8. The standard InChI is InChI=1S/C20H25ClN2O2/c1-23(2)20(25)16-10-15(3-4-17(16)21)22-19(24)18-13-6-11-5-12(8-13)9-14(18)7-11/h3-4,10-14,18H,5-9H2,1-2H3,(H,22,24). The first-order valence-corrected chi connectivity index (χ1v) is 9.62. The predicted molar refractivity (Wildman–Crippen MR) is 98.6 cm³/mol. The van der Waals surface area contributed by atoms with Crippen molar-refractivity contribution in [3.8, 4) is 0 Å². The molecule has 4 fully saturated rings. The molecule has 4 aliphatic carbocycles. The maximum absolute atomic E-state index is 13.0. The second kappa shape index (κ2) is 6.31. The van der Waals surface area contributed by atoms with Crippen molar-refractivity contribution >= 4 is 29.1 Å². The minimum absolute atomic E-state index is 0.124. The number of rotatable bonds is 3. The molecule has 0 spiro atoms. The number of halogens is 1. The highest BCUT2D eigenvalue weighted by Gasteiger charge is 2.50. The lowest BCUT2D eigenvalue weighted by Crippen LogP contribution is -2.49. The highest BCUT2D eigenvalue weighted by atomic mass is 35.5. The molecule has 25 heavy (non-hydrogen) atoms. The summed E-state index contributed by atoms with van der Waals surface area (Å²) < 4.78 is 0. The third-order valence-corrected chi connectivity index (χ3v) is 6.73. The molecular formula is C20H25ClN2O2. The second-order valence-corrected chi connectivity index (χ2v) is 8.75. The van der Waals surface area contributed by atoms with Crippen LogP contribution in [0.15, 0.2) is 18.2 Å². The summed E-state index contributed by atoms with van der Waals surface area (Å²) in [6, 6.07) is 5.16. The number of carbonyl (C=O) groups excluding carboxylic acids is 2. The molecule has 4 nitrogen and oxygen atoms in total. The minimum Gasteiger partial charge on any atom is -0.345 e. The Morgan fingerprint density at radius 2 is 1.64 bits per heavy atom. The topological polar surface area (TPSA) is 49.4 Å². The lowest BCUT2D eigenvalue weighted by atomic mass is 9.51. The molecule has 0 unspecified atom stereocenters. The van der Waals surface area contributed by atoms with Gasteiger partial charge in [0.25, 0.3) is 5.91 Å². The van der Waals surface area contributed by atoms with Crippen LogP contribution in [-0.4, -0.2) is 30.8 Å². The molecule has 0 aliphatic heterocycles. The Morgan fingerprint density at radius 3 is 2.20 bits per heavy atom. The van der Waals surface area contributed by atoms with Gasteiger partial charge in [0.2, 0.25) is 5.91 Å². The van der Waals surface area contributed by atoms with Gasteiger partial charge < -0.3 is 10.2 Å². The Kier molecular flexibility index (Phi) is 4.27. The normalized spacial score (nSPS) is 32.5. The number of hydrogen-bond acceptors (Lipinski definition) is 2. The van der Waals surface area contributed by atoms with Crippen molar-refractivity contribution in [2.24, 2.45) is 29.6 Å². The van der Waals surface area contributed by atoms with Crippen molar-refractivity contribution in [2.45, 2.75) is 32.1 Å². The first-order valence-electron chi connectivity index (χ1n) is 9.24. The number of nitrogens with one attached hydrogen (secondary N) is 1. The fraction of sp³-hybridized carbons (Fsp3) is 0.600. The van der Waals surface area contributed by atoms with E-state index in [2.05, 4.69) is 5.32 Å². The Bertz CT molecular complexity index is 688. The second-order valence-electron chi connectivity index (χ2n) is 8.34. The minimum atomic E-state index is -0.157. The molecule has 0 atom stereocenters. The molecule has 4 bridgehead atoms. The van der Waals surface area contributed by atoms with Gasteiger partial charge in [0.15, 0.2) is 0 Å². The van der Waals surface area contributed by atoms with Crippen LogP contribution in [-0.2, 0) is 4.79 Å². The van der Waals surface area contributed by atoms with Gasteiger partial charge in [-0.25, -0.2) is 0 Å². The van der Waals surface area contributed by atoms with Gasteiger partial charge in [-0.1, -0.05) is 11.6 Å². The molecule has 134 valence electrons. The summed E-state index contributed by atoms with van der Waals surface area (Å²) >= 11 is 6.16. The van der Waals surface area contributed by atoms with Gasteiger partial charge in [0.05, 0.1) is 10.6 Å². The van der Waals surface area contributed by atoms with E-state index < -0.39 is 0 Å². The van der Waals surface area contributed by atoms with Crippen molar-refractivity contribution in [2.75, 3.05) is 19.4 Å². The van der Waals surface area contributed by atoms with Crippen LogP contribution >= 0.6 is 11.6 Å². The molecule has 1 aromatic rings. The molecule has 1 N–H and O–H groups in total. The zero-order valence-corrected chi connectivity index (χ0v) is 15.6. The summed E-state index contributed by atoms with van der Waals surface area (Å²) in [5.74, 6) is 2.90. The summed E-state index contributed by atoms with van der Waals surface area (Å²) in [4.78, 5) is 26.7. The molecule has 4 saturated carbocycles. The first-order chi connectivity index (χ1) is 11.9. The molecule has 0 aromatic heterocycles. The molecule has 5 heteroatoms. The van der Waals surface area contributed by atoms with Crippen LogP contribution in [0, 0.1) is 29.6 Å². The zero-order chi connectivity index (χ0) is 17.7. The van der Waals surface area contributed by atoms with Gasteiger partial charge in [-0.05, 0) is 74.0 Å². The lowest BCUT2D eigenvalue weighted by molar-refractivity contribution is -0.132. The average molecular weight is 361 g/mol. The van der Waals surface area contributed by atoms with Gasteiger partial charge in [0, 0.05) is 25.7 Å². The van der Waals surface area contributed by atoms with E-state index in [0.717, 1.165) is 11.8 Å². The van der Waals surface area contributed by atoms with Crippen LogP contribution in [0.5, 0.6) is 0 Å². The number of nitrogens with zero attached hydrogens (tertiary/aromatic N) is 1. The van der Waals surface area contributed by atoms with Gasteiger partial charge in [0.1, 0.15) is 0 Å². The molecule has 1 aromatic carbocycles. The fourth-order valence-electron chi connectivity index (χ4n) is 5.59. The molecule has 4 aliphatic rings. The SMILES string of the molecule is CN(C)C(=O)c1cc(NC(=O)C2C3CC4CC(C3)CC2C4)ccc1Cl. The Labute approximate surface area is 153 Å². The number of anilines is 1. The van der Waals surface area contributed by atoms with E-state index in [9.17, 15) is 9.59 Å². The van der Waals surface area contributed by atoms with Crippen LogP contribution in [0.3, 0.4) is 0 Å². The number of carbonyl (C=O) groups is 2. The average Bonchev–Trinajstić information content (AvgIpc) is 2.55. The van der Waals surface area contributed by atoms with Crippen molar-refractivity contribution in [1.82, 2.24) is 4.90 Å². The molecular weight excluding hydrogens is 336 g/mol. The van der Waals surface area contributed by atoms with Gasteiger partial charge in [-0.3, -0.25) is 9.59 Å². The predicted octanol–water partition coefficient (Wildman–Crippen LogP) is 4.05. The molecule has 0 heterocycles. The van der Waals surface area contributed by atoms with Gasteiger partial charge in [-0.2, -0.15) is 0 Å². The summed E-state index contributed by atoms with van der Waals surface area (Å²) in [5.41, 5.74) is 1.09. The van der Waals surface area contributed by atoms with Crippen molar-refractivity contribution in [3.63, 3.8) is 0 Å². The van der Waals surface area contributed by atoms with E-state index in [4.69, 9.17) is 11.6 Å². The van der Waals surface area contributed by atoms with E-state index in [-0.39, 0.29) is 17.7 Å². The fourth-order valence-corrected chi connectivity index (χ4v) is 5.79. The maximum Gasteiger partial charge on any atom is 0.254 e. The largest absolute Gasteiger partial charge is 0.345 e. The van der Waals surface area contributed by atoms with Crippen LogP contribution < -0.4 is 5.32 Å². The van der Waals surface area contributed by atoms with Crippen LogP contribution in [0.1, 0.15) is 42.5 Å². The number of amides is 2. The summed E-state index contributed by atoms with van der Waals surface area (Å²) in [6.07, 6.45) is 6.26. The Hall–Kier alpha value is -1.55. The molecule has 2 amide bonds. The summed E-state index contributed by atoms with van der Waals surface area (Å²) in [7, 11) is 3.39. The number of hydrogen-bond donors (Lipinski definition) is 1. The van der Waals surface area contributed by atoms with Gasteiger partial charge in [-0.15, -0.1) is 0 Å². The van der Waals surface area contributed by atoms with Crippen LogP contribution in [0.25, 0.3) is 0 Å². The summed E-state index contributed by atoms with van der Waals surface area (Å²) in [5, 5.41) is 3.47. The van der Waals surface area contributed by atoms with Crippen molar-refractivity contribution < 1.29 is 9.59 Å². The third-order valence-electron chi connectivity index (χ3n) is 6.40. The lowest BCUT2D eigenvalue weighted by Gasteiger charge is -2.53. The maximum atomic E-state index is 13.0. The molecule has 0 saturated heterocycles. The third kappa shape index (κ3) is 3.05. The van der Waals surface area contributed by atoms with Crippen LogP contribution in [0.2, 0.25) is 5.02 Å². The number of benzene rings is 1. The van der Waals surface area contributed by atoms with Gasteiger partial charge >= 0.3 is 0 Å². The van der Waals surface area contributed by atoms with E-state index >= 15 is 0 Å². The Balaban J connectivity index is 1.51. The monoisotopic (exact) mass is 360 g/mol. The smallest absolute Gasteiger partial charge is 0.254 e. The van der Waals surface area contributed by atoms with Crippen molar-refractivity contribution in [1.29, 1.82) is 0 Å². The van der Waals surface area contributed by atoms with Crippen LogP contribution in [0.4, 0.5) is 5.69 Å². The van der Waals surface area contributed by atoms with E-state index in [1.807, 2.05) is 0 Å². The quantitative estimate of drug-likeness (QED) is 0.883. The first kappa shape index (κ1) is 16.9. The van der Waals surface area contributed by atoms with E-state index in [1.165, 1.54) is 37.0 Å². The molecule has 0 radical (unpaired) electrons. The Morgan fingerprint density at radius 1 is 1.04 bits per heavy atom. The molecule has 5 rings (SSSR count). The van der Waals surface area contributed by atoms with E-state index in [1.54, 1.807) is 32.3 Å². The summed E-state index contributed by atoms with van der Waals surface area (Å²) in [6.45, 7) is 0.